The molecule has 0 saturated heterocycles. The highest BCUT2D eigenvalue weighted by Gasteiger charge is 2.30. The number of aliphatic hydroxyl groups is 1. The molecule has 0 radical (unpaired) electrons. The molecule has 1 aliphatic rings. The van der Waals surface area contributed by atoms with Crippen LogP contribution >= 0.6 is 11.6 Å². The smallest absolute Gasteiger partial charge is 0.228 e. The van der Waals surface area contributed by atoms with Crippen molar-refractivity contribution in [2.24, 2.45) is 5.92 Å². The number of amides is 1. The molecule has 128 valence electrons. The van der Waals surface area contributed by atoms with Gasteiger partial charge in [0.1, 0.15) is 11.5 Å². The number of nitrogens with zero attached hydrogens (tertiary/aromatic N) is 2. The molecule has 2 aromatic heterocycles. The van der Waals surface area contributed by atoms with Crippen molar-refractivity contribution in [3.8, 4) is 11.1 Å². The number of benzene rings is 1. The van der Waals surface area contributed by atoms with Crippen LogP contribution in [0.15, 0.2) is 36.7 Å². The predicted molar refractivity (Wildman–Crippen MR) is 92.9 cm³/mol. The molecule has 2 N–H and O–H groups in total. The van der Waals surface area contributed by atoms with E-state index >= 15 is 0 Å². The summed E-state index contributed by atoms with van der Waals surface area (Å²) in [5.74, 6) is 0.0963. The quantitative estimate of drug-likeness (QED) is 0.747. The number of hydrogen-bond donors (Lipinski definition) is 2. The van der Waals surface area contributed by atoms with Crippen molar-refractivity contribution in [3.63, 3.8) is 0 Å². The predicted octanol–water partition coefficient (Wildman–Crippen LogP) is 3.63. The van der Waals surface area contributed by atoms with Crippen LogP contribution in [-0.2, 0) is 11.4 Å². The minimum Gasteiger partial charge on any atom is -0.392 e. The van der Waals surface area contributed by atoms with Crippen LogP contribution in [0.5, 0.6) is 0 Å². The number of hydrogen-bond acceptors (Lipinski definition) is 3. The Hall–Kier alpha value is -2.44. The van der Waals surface area contributed by atoms with Gasteiger partial charge < -0.3 is 14.8 Å². The average molecular weight is 360 g/mol. The summed E-state index contributed by atoms with van der Waals surface area (Å²) in [6.07, 6.45) is 5.32. The first kappa shape index (κ1) is 16.1. The van der Waals surface area contributed by atoms with E-state index < -0.39 is 5.82 Å². The first-order chi connectivity index (χ1) is 12.0. The molecule has 5 nitrogen and oxygen atoms in total. The Balaban J connectivity index is 1.73. The Morgan fingerprint density at radius 2 is 2.16 bits per heavy atom. The highest BCUT2D eigenvalue weighted by atomic mass is 35.5. The summed E-state index contributed by atoms with van der Waals surface area (Å²) in [4.78, 5) is 16.2. The molecule has 0 spiro atoms. The lowest BCUT2D eigenvalue weighted by molar-refractivity contribution is -0.117. The molecular weight excluding hydrogens is 345 g/mol. The SMILES string of the molecule is O=C(Nc1cn2cc(-c3cc(F)cc(Cl)c3CO)ccc2n1)C1CC1. The molecule has 7 heteroatoms. The van der Waals surface area contributed by atoms with E-state index in [9.17, 15) is 14.3 Å². The third-order valence-electron chi connectivity index (χ3n) is 4.28. The highest BCUT2D eigenvalue weighted by Crippen LogP contribution is 2.32. The zero-order valence-corrected chi connectivity index (χ0v) is 13.9. The zero-order valence-electron chi connectivity index (χ0n) is 13.2. The van der Waals surface area contributed by atoms with E-state index in [1.807, 2.05) is 0 Å². The molecule has 3 aromatic rings. The molecule has 1 saturated carbocycles. The lowest BCUT2D eigenvalue weighted by Crippen LogP contribution is -2.13. The van der Waals surface area contributed by atoms with Crippen LogP contribution in [0.2, 0.25) is 5.02 Å². The summed E-state index contributed by atoms with van der Waals surface area (Å²) in [5.41, 5.74) is 2.33. The van der Waals surface area contributed by atoms with E-state index in [4.69, 9.17) is 11.6 Å². The van der Waals surface area contributed by atoms with Crippen molar-refractivity contribution in [2.45, 2.75) is 19.4 Å². The second-order valence-corrected chi connectivity index (χ2v) is 6.55. The number of imidazole rings is 1. The number of pyridine rings is 1. The van der Waals surface area contributed by atoms with Crippen molar-refractivity contribution in [2.75, 3.05) is 5.32 Å². The van der Waals surface area contributed by atoms with Crippen LogP contribution in [-0.4, -0.2) is 20.4 Å². The Kier molecular flexibility index (Phi) is 3.94. The Labute approximate surface area is 148 Å². The van der Waals surface area contributed by atoms with E-state index in [1.54, 1.807) is 28.9 Å². The number of nitrogens with one attached hydrogen (secondary N) is 1. The zero-order chi connectivity index (χ0) is 17.6. The van der Waals surface area contributed by atoms with Gasteiger partial charge in [0.15, 0.2) is 5.82 Å². The van der Waals surface area contributed by atoms with Gasteiger partial charge in [0.05, 0.1) is 12.8 Å². The summed E-state index contributed by atoms with van der Waals surface area (Å²) in [6, 6.07) is 6.06. The summed E-state index contributed by atoms with van der Waals surface area (Å²) >= 11 is 6.03. The second kappa shape index (κ2) is 6.13. The van der Waals surface area contributed by atoms with Gasteiger partial charge in [-0.05, 0) is 48.2 Å². The first-order valence-corrected chi connectivity index (χ1v) is 8.31. The van der Waals surface area contributed by atoms with Gasteiger partial charge in [-0.25, -0.2) is 9.37 Å². The topological polar surface area (TPSA) is 66.6 Å². The molecule has 1 aromatic carbocycles. The van der Waals surface area contributed by atoms with Gasteiger partial charge in [-0.15, -0.1) is 0 Å². The van der Waals surface area contributed by atoms with Gasteiger partial charge in [-0.1, -0.05) is 11.6 Å². The van der Waals surface area contributed by atoms with Crippen LogP contribution in [0.25, 0.3) is 16.8 Å². The van der Waals surface area contributed by atoms with Gasteiger partial charge in [-0.2, -0.15) is 0 Å². The van der Waals surface area contributed by atoms with E-state index in [0.29, 0.717) is 28.2 Å². The van der Waals surface area contributed by atoms with Crippen LogP contribution in [0.4, 0.5) is 10.2 Å². The molecule has 1 fully saturated rings. The molecule has 0 bridgehead atoms. The molecule has 0 unspecified atom stereocenters. The molecule has 1 amide bonds. The Morgan fingerprint density at radius 3 is 2.88 bits per heavy atom. The summed E-state index contributed by atoms with van der Waals surface area (Å²) in [5, 5.41) is 12.5. The average Bonchev–Trinajstić information content (AvgIpc) is 3.34. The minimum absolute atomic E-state index is 0.0110. The number of aromatic nitrogens is 2. The van der Waals surface area contributed by atoms with Gasteiger partial charge in [0.25, 0.3) is 0 Å². The molecule has 0 aliphatic heterocycles. The van der Waals surface area contributed by atoms with Gasteiger partial charge in [-0.3, -0.25) is 4.79 Å². The normalized spacial score (nSPS) is 14.0. The number of halogens is 2. The fourth-order valence-electron chi connectivity index (χ4n) is 2.81. The van der Waals surface area contributed by atoms with Crippen LogP contribution in [0, 0.1) is 11.7 Å². The molecule has 25 heavy (non-hydrogen) atoms. The number of aliphatic hydroxyl groups excluding tert-OH is 1. The number of rotatable bonds is 4. The van der Waals surface area contributed by atoms with Crippen molar-refractivity contribution >= 4 is 29.0 Å². The van der Waals surface area contributed by atoms with Gasteiger partial charge in [0, 0.05) is 22.7 Å². The molecule has 1 aliphatic carbocycles. The largest absolute Gasteiger partial charge is 0.392 e. The maximum atomic E-state index is 13.7. The van der Waals surface area contributed by atoms with Crippen LogP contribution < -0.4 is 5.32 Å². The molecule has 2 heterocycles. The Morgan fingerprint density at radius 1 is 1.36 bits per heavy atom. The van der Waals surface area contributed by atoms with E-state index in [0.717, 1.165) is 12.8 Å². The monoisotopic (exact) mass is 359 g/mol. The first-order valence-electron chi connectivity index (χ1n) is 7.94. The number of anilines is 1. The Bertz CT molecular complexity index is 982. The fraction of sp³-hybridized carbons (Fsp3) is 0.222. The number of carbonyl (C=O) groups excluding carboxylic acids is 1. The number of carbonyl (C=O) groups is 1. The van der Waals surface area contributed by atoms with Crippen molar-refractivity contribution in [1.29, 1.82) is 0 Å². The van der Waals surface area contributed by atoms with Crippen LogP contribution in [0.3, 0.4) is 0 Å². The summed E-state index contributed by atoms with van der Waals surface area (Å²) < 4.78 is 15.5. The molecular formula is C18H15ClFN3O2. The van der Waals surface area contributed by atoms with Gasteiger partial charge in [0.2, 0.25) is 5.91 Å². The molecule has 0 atom stereocenters. The van der Waals surface area contributed by atoms with E-state index in [1.165, 1.54) is 12.1 Å². The maximum Gasteiger partial charge on any atom is 0.228 e. The third-order valence-corrected chi connectivity index (χ3v) is 4.62. The maximum absolute atomic E-state index is 13.7. The second-order valence-electron chi connectivity index (χ2n) is 6.14. The summed E-state index contributed by atoms with van der Waals surface area (Å²) in [7, 11) is 0. The summed E-state index contributed by atoms with van der Waals surface area (Å²) in [6.45, 7) is -0.293. The minimum atomic E-state index is -0.472. The van der Waals surface area contributed by atoms with Crippen molar-refractivity contribution in [3.05, 3.63) is 53.1 Å². The standard InChI is InChI=1S/C18H15ClFN3O2/c19-15-6-12(20)5-13(14(15)9-24)11-3-4-17-21-16(8-23(17)7-11)22-18(25)10-1-2-10/h3-8,10,24H,1-2,9H2,(H,22,25). The van der Waals surface area contributed by atoms with E-state index in [-0.39, 0.29) is 23.5 Å². The lowest BCUT2D eigenvalue weighted by Gasteiger charge is -2.10. The van der Waals surface area contributed by atoms with Crippen molar-refractivity contribution < 1.29 is 14.3 Å². The lowest BCUT2D eigenvalue weighted by atomic mass is 10.0. The van der Waals surface area contributed by atoms with Crippen molar-refractivity contribution in [1.82, 2.24) is 9.38 Å². The number of fused-ring (bicyclic) bond motifs is 1. The third kappa shape index (κ3) is 3.10. The van der Waals surface area contributed by atoms with Crippen LogP contribution in [0.1, 0.15) is 18.4 Å². The van der Waals surface area contributed by atoms with Gasteiger partial charge >= 0.3 is 0 Å². The molecule has 4 rings (SSSR count). The fourth-order valence-corrected chi connectivity index (χ4v) is 3.07. The highest BCUT2D eigenvalue weighted by molar-refractivity contribution is 6.31. The van der Waals surface area contributed by atoms with E-state index in [2.05, 4.69) is 10.3 Å².